The van der Waals surface area contributed by atoms with Gasteiger partial charge in [0.25, 0.3) is 0 Å². The van der Waals surface area contributed by atoms with Crippen LogP contribution in [0.15, 0.2) is 60.7 Å². The van der Waals surface area contributed by atoms with Crippen LogP contribution in [0.25, 0.3) is 17.1 Å². The van der Waals surface area contributed by atoms with E-state index < -0.39 is 11.6 Å². The van der Waals surface area contributed by atoms with Crippen molar-refractivity contribution in [2.75, 3.05) is 20.1 Å². The number of carbonyl (C=O) groups is 1. The molecule has 6 nitrogen and oxygen atoms in total. The molecule has 0 bridgehead atoms. The van der Waals surface area contributed by atoms with Gasteiger partial charge in [-0.1, -0.05) is 62.8 Å². The van der Waals surface area contributed by atoms with E-state index in [4.69, 9.17) is 4.98 Å². The standard InChI is InChI=1S/C36H47FN4O2.2ClH/c1-26(2)34-30-19-18-28(37)25-27(30)20-21-36(34,41(35(42)43)29-13-7-5-8-14-29)22-24-39(3)23-12-6-9-17-33-38-31-15-10-11-16-32(31)40(33)4;;/h7,10-11,13,15-16,18-21,25-26,29,34H,5-6,8-9,12,14,17,22-24H2,1-4H3,(H,42,43);2*1H/t29-,34?,36-;;/m1../s1. The lowest BCUT2D eigenvalue weighted by Gasteiger charge is -2.52. The first-order chi connectivity index (χ1) is 20.7. The van der Waals surface area contributed by atoms with Crippen molar-refractivity contribution in [2.24, 2.45) is 13.0 Å². The van der Waals surface area contributed by atoms with Gasteiger partial charge in [0.1, 0.15) is 11.6 Å². The molecule has 1 unspecified atom stereocenters. The summed E-state index contributed by atoms with van der Waals surface area (Å²) in [6, 6.07) is 13.1. The van der Waals surface area contributed by atoms with Crippen LogP contribution in [-0.4, -0.2) is 62.3 Å². The highest BCUT2D eigenvalue weighted by Gasteiger charge is 2.50. The number of hydrogen-bond donors (Lipinski definition) is 1. The van der Waals surface area contributed by atoms with Crippen molar-refractivity contribution in [3.05, 3.63) is 83.5 Å². The number of amides is 1. The Morgan fingerprint density at radius 3 is 2.60 bits per heavy atom. The van der Waals surface area contributed by atoms with E-state index in [9.17, 15) is 14.3 Å². The second-order valence-corrected chi connectivity index (χ2v) is 12.8. The fraction of sp³-hybridized carbons (Fsp3) is 0.500. The van der Waals surface area contributed by atoms with Crippen LogP contribution in [0.2, 0.25) is 0 Å². The Bertz CT molecular complexity index is 1490. The molecule has 0 radical (unpaired) electrons. The van der Waals surface area contributed by atoms with Crippen molar-refractivity contribution >= 4 is 48.0 Å². The normalized spacial score (nSPS) is 20.6. The minimum absolute atomic E-state index is 0. The van der Waals surface area contributed by atoms with Crippen LogP contribution in [0.3, 0.4) is 0 Å². The number of para-hydroxylation sites is 2. The highest BCUT2D eigenvalue weighted by Crippen LogP contribution is 2.49. The number of imidazole rings is 1. The molecule has 2 aromatic carbocycles. The van der Waals surface area contributed by atoms with Gasteiger partial charge in [0.05, 0.1) is 22.6 Å². The number of aromatic nitrogens is 2. The monoisotopic (exact) mass is 658 g/mol. The van der Waals surface area contributed by atoms with Gasteiger partial charge in [-0.2, -0.15) is 0 Å². The molecule has 2 aliphatic rings. The molecule has 1 N–H and O–H groups in total. The lowest BCUT2D eigenvalue weighted by molar-refractivity contribution is 0.0416. The summed E-state index contributed by atoms with van der Waals surface area (Å²) in [5.74, 6) is 0.948. The predicted molar refractivity (Wildman–Crippen MR) is 187 cm³/mol. The Morgan fingerprint density at radius 2 is 1.91 bits per heavy atom. The van der Waals surface area contributed by atoms with Crippen LogP contribution in [-0.2, 0) is 13.5 Å². The van der Waals surface area contributed by atoms with E-state index in [1.165, 1.54) is 11.6 Å². The molecule has 2 aliphatic carbocycles. The van der Waals surface area contributed by atoms with E-state index in [1.54, 1.807) is 11.0 Å². The minimum Gasteiger partial charge on any atom is -0.465 e. The maximum Gasteiger partial charge on any atom is 0.408 e. The molecule has 1 aromatic heterocycles. The van der Waals surface area contributed by atoms with Crippen molar-refractivity contribution in [3.63, 3.8) is 0 Å². The van der Waals surface area contributed by atoms with Crippen LogP contribution in [0.4, 0.5) is 9.18 Å². The van der Waals surface area contributed by atoms with Crippen molar-refractivity contribution in [3.8, 4) is 0 Å². The molecule has 1 amide bonds. The number of carboxylic acid groups (broad SMARTS) is 1. The number of nitrogens with zero attached hydrogens (tertiary/aromatic N) is 4. The summed E-state index contributed by atoms with van der Waals surface area (Å²) in [7, 11) is 4.24. The van der Waals surface area contributed by atoms with Crippen LogP contribution in [0, 0.1) is 11.7 Å². The van der Waals surface area contributed by atoms with Crippen molar-refractivity contribution in [1.29, 1.82) is 0 Å². The average molecular weight is 660 g/mol. The maximum absolute atomic E-state index is 14.2. The highest BCUT2D eigenvalue weighted by atomic mass is 35.5. The second-order valence-electron chi connectivity index (χ2n) is 12.8. The zero-order valence-corrected chi connectivity index (χ0v) is 28.6. The van der Waals surface area contributed by atoms with E-state index in [2.05, 4.69) is 73.8 Å². The number of hydrogen-bond acceptors (Lipinski definition) is 3. The molecule has 0 spiro atoms. The van der Waals surface area contributed by atoms with E-state index in [-0.39, 0.29) is 48.5 Å². The molecule has 0 saturated carbocycles. The van der Waals surface area contributed by atoms with E-state index in [1.807, 2.05) is 18.2 Å². The Kier molecular flexibility index (Phi) is 13.1. The number of fused-ring (bicyclic) bond motifs is 2. The fourth-order valence-electron chi connectivity index (χ4n) is 7.49. The Hall–Kier alpha value is -2.87. The highest BCUT2D eigenvalue weighted by molar-refractivity contribution is 5.85. The molecule has 3 aromatic rings. The van der Waals surface area contributed by atoms with Crippen LogP contribution in [0.1, 0.15) is 81.7 Å². The number of rotatable bonds is 12. The topological polar surface area (TPSA) is 61.6 Å². The van der Waals surface area contributed by atoms with Gasteiger partial charge in [-0.25, -0.2) is 14.2 Å². The minimum atomic E-state index is -0.887. The molecule has 1 heterocycles. The van der Waals surface area contributed by atoms with Gasteiger partial charge in [-0.05, 0) is 93.4 Å². The summed E-state index contributed by atoms with van der Waals surface area (Å²) >= 11 is 0. The number of allylic oxidation sites excluding steroid dienone is 1. The van der Waals surface area contributed by atoms with Gasteiger partial charge in [-0.3, -0.25) is 4.90 Å². The van der Waals surface area contributed by atoms with Crippen LogP contribution < -0.4 is 0 Å². The van der Waals surface area contributed by atoms with Crippen LogP contribution >= 0.6 is 24.8 Å². The third kappa shape index (κ3) is 7.93. The maximum atomic E-state index is 14.2. The summed E-state index contributed by atoms with van der Waals surface area (Å²) in [5.41, 5.74) is 3.39. The summed E-state index contributed by atoms with van der Waals surface area (Å²) < 4.78 is 16.4. The summed E-state index contributed by atoms with van der Waals surface area (Å²) in [6.07, 6.45) is 15.1. The number of aryl methyl sites for hydroxylation is 2. The van der Waals surface area contributed by atoms with Gasteiger partial charge < -0.3 is 14.6 Å². The number of benzene rings is 2. The lowest BCUT2D eigenvalue weighted by atomic mass is 9.65. The molecule has 5 rings (SSSR count). The molecule has 0 aliphatic heterocycles. The summed E-state index contributed by atoms with van der Waals surface area (Å²) in [5, 5.41) is 10.7. The van der Waals surface area contributed by atoms with Gasteiger partial charge in [0.2, 0.25) is 0 Å². The smallest absolute Gasteiger partial charge is 0.408 e. The van der Waals surface area contributed by atoms with E-state index in [0.717, 1.165) is 80.5 Å². The largest absolute Gasteiger partial charge is 0.465 e. The summed E-state index contributed by atoms with van der Waals surface area (Å²) in [6.45, 7) is 6.05. The third-order valence-electron chi connectivity index (χ3n) is 9.57. The summed E-state index contributed by atoms with van der Waals surface area (Å²) in [4.78, 5) is 22.0. The molecule has 246 valence electrons. The van der Waals surface area contributed by atoms with E-state index >= 15 is 0 Å². The molecule has 45 heavy (non-hydrogen) atoms. The number of unbranched alkanes of at least 4 members (excludes halogenated alkanes) is 2. The number of halogens is 3. The average Bonchev–Trinajstić information content (AvgIpc) is 3.31. The first-order valence-corrected chi connectivity index (χ1v) is 16.0. The van der Waals surface area contributed by atoms with Gasteiger partial charge in [0, 0.05) is 25.9 Å². The fourth-order valence-corrected chi connectivity index (χ4v) is 7.49. The molecular formula is C36H49Cl2FN4O2. The quantitative estimate of drug-likeness (QED) is 0.156. The van der Waals surface area contributed by atoms with Crippen molar-refractivity contribution in [2.45, 2.75) is 82.7 Å². The van der Waals surface area contributed by atoms with Gasteiger partial charge in [-0.15, -0.1) is 24.8 Å². The zero-order chi connectivity index (χ0) is 30.6. The molecule has 0 fully saturated rings. The molecule has 3 atom stereocenters. The SMILES string of the molecule is CC(C)C1c2ccc(F)cc2C=C[C@]1(CCN(C)CCCCCc1nc2ccccc2n1C)N(C(=O)O)[C@@H]1C=CCCC1.Cl.Cl. The first kappa shape index (κ1) is 36.6. The van der Waals surface area contributed by atoms with Crippen LogP contribution in [0.5, 0.6) is 0 Å². The molecule has 0 saturated heterocycles. The Labute approximate surface area is 280 Å². The third-order valence-corrected chi connectivity index (χ3v) is 9.57. The van der Waals surface area contributed by atoms with Gasteiger partial charge >= 0.3 is 6.09 Å². The Balaban J connectivity index is 0.00000276. The lowest BCUT2D eigenvalue weighted by Crippen LogP contribution is -2.60. The van der Waals surface area contributed by atoms with Gasteiger partial charge in [0.15, 0.2) is 0 Å². The Morgan fingerprint density at radius 1 is 1.13 bits per heavy atom. The van der Waals surface area contributed by atoms with E-state index in [0.29, 0.717) is 6.42 Å². The second kappa shape index (κ2) is 16.1. The first-order valence-electron chi connectivity index (χ1n) is 16.0. The van der Waals surface area contributed by atoms with Crippen molar-refractivity contribution in [1.82, 2.24) is 19.4 Å². The molecule has 9 heteroatoms. The van der Waals surface area contributed by atoms with Crippen molar-refractivity contribution < 1.29 is 14.3 Å². The zero-order valence-electron chi connectivity index (χ0n) is 27.0. The predicted octanol–water partition coefficient (Wildman–Crippen LogP) is 8.88. The molecular weight excluding hydrogens is 610 g/mol.